The van der Waals surface area contributed by atoms with Crippen LogP contribution < -0.4 is 9.64 Å². The number of ether oxygens (including phenoxy) is 2. The Kier molecular flexibility index (Phi) is 7.44. The lowest BCUT2D eigenvalue weighted by Gasteiger charge is -2.15. The van der Waals surface area contributed by atoms with E-state index in [1.807, 2.05) is 78.9 Å². The Morgan fingerprint density at radius 3 is 2.26 bits per heavy atom. The van der Waals surface area contributed by atoms with Crippen molar-refractivity contribution in [3.63, 3.8) is 0 Å². The summed E-state index contributed by atoms with van der Waals surface area (Å²) < 4.78 is 10.5. The van der Waals surface area contributed by atoms with E-state index in [0.717, 1.165) is 16.9 Å². The normalized spacial score (nSPS) is 15.9. The number of para-hydroxylation sites is 2. The number of aliphatic imine (C=N–C) groups is 1. The molecule has 0 aromatic heterocycles. The minimum absolute atomic E-state index is 0.136. The summed E-state index contributed by atoms with van der Waals surface area (Å²) in [5.74, 6) is -0.00600. The molecule has 1 aliphatic heterocycles. The van der Waals surface area contributed by atoms with Gasteiger partial charge in [-0.3, -0.25) is 9.69 Å². The molecule has 1 heterocycles. The first kappa shape index (κ1) is 23.3. The van der Waals surface area contributed by atoms with Gasteiger partial charge in [0.2, 0.25) is 0 Å². The molecule has 34 heavy (non-hydrogen) atoms. The van der Waals surface area contributed by atoms with Gasteiger partial charge in [0.1, 0.15) is 5.75 Å². The van der Waals surface area contributed by atoms with Crippen LogP contribution in [-0.2, 0) is 14.3 Å². The van der Waals surface area contributed by atoms with Gasteiger partial charge >= 0.3 is 5.97 Å². The molecule has 0 radical (unpaired) electrons. The van der Waals surface area contributed by atoms with E-state index in [4.69, 9.17) is 14.5 Å². The van der Waals surface area contributed by atoms with Crippen LogP contribution >= 0.6 is 11.8 Å². The van der Waals surface area contributed by atoms with Crippen molar-refractivity contribution in [1.29, 1.82) is 0 Å². The monoisotopic (exact) mass is 472 g/mol. The molecule has 0 atom stereocenters. The highest BCUT2D eigenvalue weighted by Crippen LogP contribution is 2.37. The maximum absolute atomic E-state index is 13.3. The van der Waals surface area contributed by atoms with Crippen LogP contribution in [0, 0.1) is 0 Å². The lowest BCUT2D eigenvalue weighted by Crippen LogP contribution is -2.28. The minimum Gasteiger partial charge on any atom is -0.482 e. The summed E-state index contributed by atoms with van der Waals surface area (Å²) >= 11 is 1.33. The summed E-state index contributed by atoms with van der Waals surface area (Å²) in [7, 11) is 0. The molecule has 1 saturated heterocycles. The highest BCUT2D eigenvalue weighted by Gasteiger charge is 2.34. The molecule has 0 spiro atoms. The van der Waals surface area contributed by atoms with Gasteiger partial charge in [0.05, 0.1) is 22.4 Å². The van der Waals surface area contributed by atoms with Crippen LogP contribution in [0.4, 0.5) is 11.4 Å². The standard InChI is InChI=1S/C27H24N2O4S/c1-19(2)33-25(30)18-32-23-15-13-20(14-16-23)17-24-26(31)29(22-11-7-4-8-12-22)27(34-24)28-21-9-5-3-6-10-21/h3-17,19H,18H2,1-2H3/b24-17-,28-27?. The molecule has 3 aromatic carbocycles. The van der Waals surface area contributed by atoms with Gasteiger partial charge in [-0.1, -0.05) is 48.5 Å². The third-order valence-electron chi connectivity index (χ3n) is 4.70. The molecular weight excluding hydrogens is 448 g/mol. The largest absolute Gasteiger partial charge is 0.482 e. The number of hydrogen-bond acceptors (Lipinski definition) is 6. The highest BCUT2D eigenvalue weighted by molar-refractivity contribution is 8.19. The number of hydrogen-bond donors (Lipinski definition) is 0. The quantitative estimate of drug-likeness (QED) is 0.320. The van der Waals surface area contributed by atoms with Gasteiger partial charge in [-0.05, 0) is 73.6 Å². The lowest BCUT2D eigenvalue weighted by atomic mass is 10.2. The van der Waals surface area contributed by atoms with Crippen molar-refractivity contribution in [2.24, 2.45) is 4.99 Å². The molecule has 0 bridgehead atoms. The van der Waals surface area contributed by atoms with E-state index in [9.17, 15) is 9.59 Å². The van der Waals surface area contributed by atoms with Gasteiger partial charge in [-0.15, -0.1) is 0 Å². The van der Waals surface area contributed by atoms with E-state index >= 15 is 0 Å². The Labute approximate surface area is 202 Å². The molecule has 0 unspecified atom stereocenters. The van der Waals surface area contributed by atoms with Crippen molar-refractivity contribution in [3.8, 4) is 5.75 Å². The lowest BCUT2D eigenvalue weighted by molar-refractivity contribution is -0.149. The Morgan fingerprint density at radius 1 is 0.971 bits per heavy atom. The summed E-state index contributed by atoms with van der Waals surface area (Å²) in [6.45, 7) is 3.42. The zero-order chi connectivity index (χ0) is 23.9. The van der Waals surface area contributed by atoms with E-state index in [1.54, 1.807) is 30.9 Å². The Hall–Kier alpha value is -3.84. The smallest absolute Gasteiger partial charge is 0.344 e. The molecule has 4 rings (SSSR count). The number of benzene rings is 3. The number of anilines is 1. The molecule has 1 amide bonds. The third kappa shape index (κ3) is 5.94. The van der Waals surface area contributed by atoms with E-state index in [2.05, 4.69) is 0 Å². The zero-order valence-electron chi connectivity index (χ0n) is 18.9. The Balaban J connectivity index is 1.54. The number of rotatable bonds is 7. The number of esters is 1. The van der Waals surface area contributed by atoms with Crippen molar-refractivity contribution >= 4 is 46.3 Å². The van der Waals surface area contributed by atoms with Crippen molar-refractivity contribution in [1.82, 2.24) is 0 Å². The summed E-state index contributed by atoms with van der Waals surface area (Å²) in [6, 6.07) is 26.2. The molecule has 3 aromatic rings. The van der Waals surface area contributed by atoms with E-state index in [0.29, 0.717) is 15.8 Å². The molecule has 0 N–H and O–H groups in total. The second kappa shape index (κ2) is 10.9. The fourth-order valence-electron chi connectivity index (χ4n) is 3.22. The van der Waals surface area contributed by atoms with Crippen molar-refractivity contribution in [3.05, 3.63) is 95.4 Å². The summed E-state index contributed by atoms with van der Waals surface area (Å²) in [5.41, 5.74) is 2.37. The molecule has 7 heteroatoms. The Bertz CT molecular complexity index is 1210. The topological polar surface area (TPSA) is 68.2 Å². The van der Waals surface area contributed by atoms with Crippen LogP contribution in [0.15, 0.2) is 94.8 Å². The fourth-order valence-corrected chi connectivity index (χ4v) is 4.22. The first-order valence-corrected chi connectivity index (χ1v) is 11.7. The second-order valence-corrected chi connectivity index (χ2v) is 8.72. The molecule has 172 valence electrons. The van der Waals surface area contributed by atoms with E-state index in [1.165, 1.54) is 11.8 Å². The van der Waals surface area contributed by atoms with Crippen LogP contribution in [0.1, 0.15) is 19.4 Å². The first-order chi connectivity index (χ1) is 16.5. The average Bonchev–Trinajstić information content (AvgIpc) is 3.13. The van der Waals surface area contributed by atoms with Crippen molar-refractivity contribution < 1.29 is 19.1 Å². The number of thioether (sulfide) groups is 1. The fraction of sp³-hybridized carbons (Fsp3) is 0.148. The van der Waals surface area contributed by atoms with Crippen LogP contribution in [0.2, 0.25) is 0 Å². The maximum atomic E-state index is 13.3. The van der Waals surface area contributed by atoms with Gasteiger partial charge in [0.15, 0.2) is 11.8 Å². The molecule has 6 nitrogen and oxygen atoms in total. The average molecular weight is 473 g/mol. The van der Waals surface area contributed by atoms with Crippen LogP contribution in [0.3, 0.4) is 0 Å². The summed E-state index contributed by atoms with van der Waals surface area (Å²) in [4.78, 5) is 31.9. The predicted octanol–water partition coefficient (Wildman–Crippen LogP) is 5.83. The van der Waals surface area contributed by atoms with Gasteiger partial charge in [-0.25, -0.2) is 9.79 Å². The van der Waals surface area contributed by atoms with Crippen molar-refractivity contribution in [2.75, 3.05) is 11.5 Å². The van der Waals surface area contributed by atoms with E-state index in [-0.39, 0.29) is 18.6 Å². The first-order valence-electron chi connectivity index (χ1n) is 10.8. The number of amidine groups is 1. The summed E-state index contributed by atoms with van der Waals surface area (Å²) in [6.07, 6.45) is 1.64. The number of amides is 1. The van der Waals surface area contributed by atoms with Crippen LogP contribution in [-0.4, -0.2) is 29.8 Å². The number of nitrogens with zero attached hydrogens (tertiary/aromatic N) is 2. The van der Waals surface area contributed by atoms with Gasteiger partial charge in [0.25, 0.3) is 5.91 Å². The summed E-state index contributed by atoms with van der Waals surface area (Å²) in [5, 5.41) is 0.595. The minimum atomic E-state index is -0.416. The molecule has 1 aliphatic rings. The number of carbonyl (C=O) groups is 2. The van der Waals surface area contributed by atoms with Gasteiger partial charge < -0.3 is 9.47 Å². The predicted molar refractivity (Wildman–Crippen MR) is 136 cm³/mol. The maximum Gasteiger partial charge on any atom is 0.344 e. The second-order valence-electron chi connectivity index (χ2n) is 7.71. The molecular formula is C27H24N2O4S. The van der Waals surface area contributed by atoms with Gasteiger partial charge in [0, 0.05) is 0 Å². The highest BCUT2D eigenvalue weighted by atomic mass is 32.2. The SMILES string of the molecule is CC(C)OC(=O)COc1ccc(/C=C2\SC(=Nc3ccccc3)N(c3ccccc3)C2=O)cc1. The van der Waals surface area contributed by atoms with Crippen LogP contribution in [0.25, 0.3) is 6.08 Å². The number of carbonyl (C=O) groups excluding carboxylic acids is 2. The molecule has 1 fully saturated rings. The third-order valence-corrected chi connectivity index (χ3v) is 5.67. The zero-order valence-corrected chi connectivity index (χ0v) is 19.7. The van der Waals surface area contributed by atoms with Gasteiger partial charge in [-0.2, -0.15) is 0 Å². The van der Waals surface area contributed by atoms with E-state index < -0.39 is 5.97 Å². The molecule has 0 saturated carbocycles. The molecule has 0 aliphatic carbocycles. The van der Waals surface area contributed by atoms with Crippen LogP contribution in [0.5, 0.6) is 5.75 Å². The Morgan fingerprint density at radius 2 is 1.62 bits per heavy atom. The van der Waals surface area contributed by atoms with Crippen molar-refractivity contribution in [2.45, 2.75) is 20.0 Å².